The highest BCUT2D eigenvalue weighted by atomic mass is 35.5. The summed E-state index contributed by atoms with van der Waals surface area (Å²) >= 11 is 6.13. The predicted molar refractivity (Wildman–Crippen MR) is 95.8 cm³/mol. The van der Waals surface area contributed by atoms with Crippen LogP contribution in [0.3, 0.4) is 0 Å². The fourth-order valence-electron chi connectivity index (χ4n) is 2.34. The van der Waals surface area contributed by atoms with Gasteiger partial charge in [0.05, 0.1) is 16.8 Å². The lowest BCUT2D eigenvalue weighted by atomic mass is 9.93. The van der Waals surface area contributed by atoms with Crippen molar-refractivity contribution in [3.63, 3.8) is 0 Å². The molecule has 1 aromatic heterocycles. The molecule has 0 amide bonds. The standard InChI is InChI=1S/C16H19ClN4O2S/c1-2-24(22,23)13-8-4-7-12(9-13)20-16-18-10-14(17)15(21-16)19-11-5-3-6-11/h4,7-11H,2-3,5-6H2,1H3,(H2,18,19,20,21). The summed E-state index contributed by atoms with van der Waals surface area (Å²) in [4.78, 5) is 8.82. The summed E-state index contributed by atoms with van der Waals surface area (Å²) in [6.45, 7) is 1.62. The van der Waals surface area contributed by atoms with Crippen LogP contribution in [0.1, 0.15) is 26.2 Å². The molecule has 24 heavy (non-hydrogen) atoms. The Morgan fingerprint density at radius 1 is 1.33 bits per heavy atom. The first-order valence-corrected chi connectivity index (χ1v) is 9.90. The normalized spacial score (nSPS) is 14.9. The van der Waals surface area contributed by atoms with E-state index in [2.05, 4.69) is 20.6 Å². The number of aromatic nitrogens is 2. The van der Waals surface area contributed by atoms with E-state index in [9.17, 15) is 8.42 Å². The van der Waals surface area contributed by atoms with E-state index in [0.29, 0.717) is 28.5 Å². The second-order valence-corrected chi connectivity index (χ2v) is 8.40. The van der Waals surface area contributed by atoms with Gasteiger partial charge in [-0.3, -0.25) is 0 Å². The number of halogens is 1. The largest absolute Gasteiger partial charge is 0.366 e. The molecule has 0 saturated heterocycles. The van der Waals surface area contributed by atoms with Crippen molar-refractivity contribution < 1.29 is 8.42 Å². The van der Waals surface area contributed by atoms with Crippen molar-refractivity contribution >= 4 is 38.9 Å². The minimum Gasteiger partial charge on any atom is -0.366 e. The van der Waals surface area contributed by atoms with E-state index in [1.807, 2.05) is 0 Å². The Bertz CT molecular complexity index is 838. The number of hydrogen-bond acceptors (Lipinski definition) is 6. The molecular formula is C16H19ClN4O2S. The summed E-state index contributed by atoms with van der Waals surface area (Å²) in [5.41, 5.74) is 0.612. The zero-order chi connectivity index (χ0) is 17.2. The maximum Gasteiger partial charge on any atom is 0.229 e. The molecule has 1 fully saturated rings. The first kappa shape index (κ1) is 17.0. The van der Waals surface area contributed by atoms with Gasteiger partial charge in [-0.05, 0) is 37.5 Å². The van der Waals surface area contributed by atoms with Gasteiger partial charge in [0.25, 0.3) is 0 Å². The Balaban J connectivity index is 1.81. The Labute approximate surface area is 146 Å². The Hall–Kier alpha value is -1.86. The fraction of sp³-hybridized carbons (Fsp3) is 0.375. The van der Waals surface area contributed by atoms with E-state index in [-0.39, 0.29) is 10.6 Å². The molecule has 1 saturated carbocycles. The lowest BCUT2D eigenvalue weighted by molar-refractivity contribution is 0.444. The molecule has 1 heterocycles. The smallest absolute Gasteiger partial charge is 0.229 e. The summed E-state index contributed by atoms with van der Waals surface area (Å²) in [6.07, 6.45) is 4.97. The number of anilines is 3. The van der Waals surface area contributed by atoms with E-state index >= 15 is 0 Å². The van der Waals surface area contributed by atoms with Gasteiger partial charge < -0.3 is 10.6 Å². The monoisotopic (exact) mass is 366 g/mol. The van der Waals surface area contributed by atoms with Crippen LogP contribution in [-0.2, 0) is 9.84 Å². The van der Waals surface area contributed by atoms with Crippen molar-refractivity contribution in [3.05, 3.63) is 35.5 Å². The van der Waals surface area contributed by atoms with Gasteiger partial charge in [0.2, 0.25) is 5.95 Å². The lowest BCUT2D eigenvalue weighted by Crippen LogP contribution is -2.27. The van der Waals surface area contributed by atoms with Crippen LogP contribution in [0, 0.1) is 0 Å². The number of sulfone groups is 1. The highest BCUT2D eigenvalue weighted by Gasteiger charge is 2.19. The number of rotatable bonds is 6. The maximum atomic E-state index is 12.0. The Morgan fingerprint density at radius 2 is 2.12 bits per heavy atom. The van der Waals surface area contributed by atoms with Gasteiger partial charge in [0.15, 0.2) is 15.7 Å². The molecule has 8 heteroatoms. The first-order chi connectivity index (χ1) is 11.5. The van der Waals surface area contributed by atoms with Crippen LogP contribution in [0.4, 0.5) is 17.5 Å². The average molecular weight is 367 g/mol. The van der Waals surface area contributed by atoms with Crippen molar-refractivity contribution in [2.24, 2.45) is 0 Å². The van der Waals surface area contributed by atoms with Crippen LogP contribution in [0.5, 0.6) is 0 Å². The Morgan fingerprint density at radius 3 is 2.79 bits per heavy atom. The SMILES string of the molecule is CCS(=O)(=O)c1cccc(Nc2ncc(Cl)c(NC3CCC3)n2)c1. The molecule has 1 aliphatic rings. The molecule has 0 atom stereocenters. The number of nitrogens with one attached hydrogen (secondary N) is 2. The van der Waals surface area contributed by atoms with Crippen LogP contribution in [0.2, 0.25) is 5.02 Å². The third kappa shape index (κ3) is 3.79. The Kier molecular flexibility index (Phi) is 4.91. The zero-order valence-corrected chi connectivity index (χ0v) is 14.9. The van der Waals surface area contributed by atoms with Crippen molar-refractivity contribution in [2.75, 3.05) is 16.4 Å². The van der Waals surface area contributed by atoms with Crippen LogP contribution < -0.4 is 10.6 Å². The van der Waals surface area contributed by atoms with Gasteiger partial charge in [-0.15, -0.1) is 0 Å². The van der Waals surface area contributed by atoms with Crippen LogP contribution in [0.25, 0.3) is 0 Å². The minimum atomic E-state index is -3.25. The molecule has 2 N–H and O–H groups in total. The van der Waals surface area contributed by atoms with Crippen molar-refractivity contribution in [1.82, 2.24) is 9.97 Å². The fourth-order valence-corrected chi connectivity index (χ4v) is 3.41. The summed E-state index contributed by atoms with van der Waals surface area (Å²) in [5.74, 6) is 1.02. The van der Waals surface area contributed by atoms with E-state index in [0.717, 1.165) is 12.8 Å². The molecule has 1 aliphatic carbocycles. The molecule has 0 spiro atoms. The molecule has 2 aromatic rings. The van der Waals surface area contributed by atoms with Gasteiger partial charge >= 0.3 is 0 Å². The first-order valence-electron chi connectivity index (χ1n) is 7.87. The third-order valence-corrected chi connectivity index (χ3v) is 6.03. The summed E-state index contributed by atoms with van der Waals surface area (Å²) < 4.78 is 24.0. The van der Waals surface area contributed by atoms with Gasteiger partial charge in [0, 0.05) is 11.7 Å². The summed E-state index contributed by atoms with van der Waals surface area (Å²) in [7, 11) is -3.25. The molecular weight excluding hydrogens is 348 g/mol. The van der Waals surface area contributed by atoms with Crippen LogP contribution >= 0.6 is 11.6 Å². The molecule has 1 aromatic carbocycles. The number of hydrogen-bond donors (Lipinski definition) is 2. The highest BCUT2D eigenvalue weighted by Crippen LogP contribution is 2.27. The number of nitrogens with zero attached hydrogens (tertiary/aromatic N) is 2. The molecule has 0 aliphatic heterocycles. The van der Waals surface area contributed by atoms with Crippen LogP contribution in [0.15, 0.2) is 35.4 Å². The predicted octanol–water partition coefficient (Wildman–Crippen LogP) is 3.63. The summed E-state index contributed by atoms with van der Waals surface area (Å²) in [6, 6.07) is 7.02. The molecule has 0 bridgehead atoms. The maximum absolute atomic E-state index is 12.0. The second kappa shape index (κ2) is 6.94. The lowest BCUT2D eigenvalue weighted by Gasteiger charge is -2.27. The minimum absolute atomic E-state index is 0.0589. The van der Waals surface area contributed by atoms with Crippen LogP contribution in [-0.4, -0.2) is 30.2 Å². The zero-order valence-electron chi connectivity index (χ0n) is 13.3. The molecule has 0 radical (unpaired) electrons. The van der Waals surface area contributed by atoms with E-state index in [1.54, 1.807) is 31.2 Å². The van der Waals surface area contributed by atoms with Gasteiger partial charge in [-0.2, -0.15) is 4.98 Å². The van der Waals surface area contributed by atoms with Gasteiger partial charge in [-0.25, -0.2) is 13.4 Å². The highest BCUT2D eigenvalue weighted by molar-refractivity contribution is 7.91. The average Bonchev–Trinajstić information content (AvgIpc) is 2.54. The molecule has 128 valence electrons. The second-order valence-electron chi connectivity index (χ2n) is 5.72. The van der Waals surface area contributed by atoms with Gasteiger partial charge in [-0.1, -0.05) is 24.6 Å². The topological polar surface area (TPSA) is 84.0 Å². The number of benzene rings is 1. The van der Waals surface area contributed by atoms with E-state index in [1.165, 1.54) is 12.6 Å². The van der Waals surface area contributed by atoms with E-state index in [4.69, 9.17) is 11.6 Å². The van der Waals surface area contributed by atoms with E-state index < -0.39 is 9.84 Å². The third-order valence-electron chi connectivity index (χ3n) is 4.02. The summed E-state index contributed by atoms with van der Waals surface area (Å²) in [5, 5.41) is 6.80. The molecule has 0 unspecified atom stereocenters. The van der Waals surface area contributed by atoms with Crippen molar-refractivity contribution in [3.8, 4) is 0 Å². The van der Waals surface area contributed by atoms with Crippen molar-refractivity contribution in [1.29, 1.82) is 0 Å². The quantitative estimate of drug-likeness (QED) is 0.812. The molecule has 6 nitrogen and oxygen atoms in total. The van der Waals surface area contributed by atoms with Crippen molar-refractivity contribution in [2.45, 2.75) is 37.1 Å². The van der Waals surface area contributed by atoms with Gasteiger partial charge in [0.1, 0.15) is 5.02 Å². The molecule has 3 rings (SSSR count).